The summed E-state index contributed by atoms with van der Waals surface area (Å²) in [7, 11) is 0. The fourth-order valence-electron chi connectivity index (χ4n) is 3.27. The molecule has 18 heavy (non-hydrogen) atoms. The quantitative estimate of drug-likeness (QED) is 0.871. The molecule has 3 heteroatoms. The van der Waals surface area contributed by atoms with E-state index in [0.717, 1.165) is 31.7 Å². The van der Waals surface area contributed by atoms with Crippen LogP contribution in [-0.4, -0.2) is 5.54 Å². The molecule has 1 nitrogen and oxygen atoms in total. The van der Waals surface area contributed by atoms with E-state index in [2.05, 4.69) is 6.92 Å². The standard InChI is InChI=1S/C15H21F2N/c1-2-12-5-3-4-6-15(12,18)10-11-7-13(16)9-14(17)8-11/h7-9,12H,2-6,10,18H2,1H3. The van der Waals surface area contributed by atoms with Gasteiger partial charge >= 0.3 is 0 Å². The molecule has 1 aromatic carbocycles. The molecule has 0 spiro atoms. The van der Waals surface area contributed by atoms with Crippen LogP contribution in [0.4, 0.5) is 8.78 Å². The van der Waals surface area contributed by atoms with Gasteiger partial charge in [0, 0.05) is 11.6 Å². The molecule has 100 valence electrons. The minimum Gasteiger partial charge on any atom is -0.325 e. The minimum absolute atomic E-state index is 0.298. The topological polar surface area (TPSA) is 26.0 Å². The number of benzene rings is 1. The Morgan fingerprint density at radius 2 is 1.89 bits per heavy atom. The highest BCUT2D eigenvalue weighted by molar-refractivity contribution is 5.21. The van der Waals surface area contributed by atoms with Gasteiger partial charge in [0.2, 0.25) is 0 Å². The fraction of sp³-hybridized carbons (Fsp3) is 0.600. The third-order valence-electron chi connectivity index (χ3n) is 4.21. The Hall–Kier alpha value is -0.960. The summed E-state index contributed by atoms with van der Waals surface area (Å²) in [6.45, 7) is 2.14. The van der Waals surface area contributed by atoms with Crippen molar-refractivity contribution in [1.29, 1.82) is 0 Å². The van der Waals surface area contributed by atoms with E-state index in [1.807, 2.05) is 0 Å². The summed E-state index contributed by atoms with van der Waals surface area (Å²) < 4.78 is 26.4. The second kappa shape index (κ2) is 5.35. The zero-order valence-electron chi connectivity index (χ0n) is 10.9. The summed E-state index contributed by atoms with van der Waals surface area (Å²) in [4.78, 5) is 0. The molecule has 2 rings (SSSR count). The van der Waals surface area contributed by atoms with Gasteiger partial charge in [-0.3, -0.25) is 0 Å². The average Bonchev–Trinajstić information content (AvgIpc) is 2.27. The Morgan fingerprint density at radius 1 is 1.22 bits per heavy atom. The van der Waals surface area contributed by atoms with Gasteiger partial charge in [-0.15, -0.1) is 0 Å². The second-order valence-electron chi connectivity index (χ2n) is 5.54. The third-order valence-corrected chi connectivity index (χ3v) is 4.21. The van der Waals surface area contributed by atoms with E-state index in [1.54, 1.807) is 0 Å². The van der Waals surface area contributed by atoms with Gasteiger partial charge in [-0.1, -0.05) is 26.2 Å². The van der Waals surface area contributed by atoms with Gasteiger partial charge < -0.3 is 5.73 Å². The first-order valence-corrected chi connectivity index (χ1v) is 6.77. The molecular formula is C15H21F2N. The van der Waals surface area contributed by atoms with Gasteiger partial charge in [0.25, 0.3) is 0 Å². The molecule has 0 heterocycles. The zero-order valence-corrected chi connectivity index (χ0v) is 10.9. The predicted octanol–water partition coefficient (Wildman–Crippen LogP) is 3.81. The first kappa shape index (κ1) is 13.5. The van der Waals surface area contributed by atoms with Crippen LogP contribution in [0.2, 0.25) is 0 Å². The summed E-state index contributed by atoms with van der Waals surface area (Å²) in [5, 5.41) is 0. The van der Waals surface area contributed by atoms with Gasteiger partial charge in [-0.25, -0.2) is 8.78 Å². The Morgan fingerprint density at radius 3 is 2.50 bits per heavy atom. The summed E-state index contributed by atoms with van der Waals surface area (Å²) in [6.07, 6.45) is 6.02. The van der Waals surface area contributed by atoms with Gasteiger partial charge in [-0.05, 0) is 42.9 Å². The van der Waals surface area contributed by atoms with Crippen LogP contribution in [0, 0.1) is 17.6 Å². The van der Waals surface area contributed by atoms with Crippen molar-refractivity contribution >= 4 is 0 Å². The Kier molecular flexibility index (Phi) is 4.00. The number of hydrogen-bond acceptors (Lipinski definition) is 1. The highest BCUT2D eigenvalue weighted by Crippen LogP contribution is 2.36. The third kappa shape index (κ3) is 2.89. The van der Waals surface area contributed by atoms with Crippen molar-refractivity contribution in [2.45, 2.75) is 51.0 Å². The summed E-state index contributed by atoms with van der Waals surface area (Å²) in [6, 6.07) is 3.71. The monoisotopic (exact) mass is 253 g/mol. The smallest absolute Gasteiger partial charge is 0.126 e. The highest BCUT2D eigenvalue weighted by Gasteiger charge is 2.36. The molecule has 0 saturated heterocycles. The van der Waals surface area contributed by atoms with Crippen molar-refractivity contribution in [3.63, 3.8) is 0 Å². The largest absolute Gasteiger partial charge is 0.325 e. The van der Waals surface area contributed by atoms with E-state index in [0.29, 0.717) is 17.9 Å². The maximum absolute atomic E-state index is 13.2. The molecule has 2 atom stereocenters. The molecule has 0 aliphatic heterocycles. The minimum atomic E-state index is -0.516. The lowest BCUT2D eigenvalue weighted by Crippen LogP contribution is -2.50. The zero-order chi connectivity index (χ0) is 13.2. The van der Waals surface area contributed by atoms with Gasteiger partial charge in [0.15, 0.2) is 0 Å². The highest BCUT2D eigenvalue weighted by atomic mass is 19.1. The van der Waals surface area contributed by atoms with Crippen LogP contribution >= 0.6 is 0 Å². The van der Waals surface area contributed by atoms with Crippen LogP contribution in [0.15, 0.2) is 18.2 Å². The number of nitrogens with two attached hydrogens (primary N) is 1. The molecule has 1 aliphatic rings. The second-order valence-corrected chi connectivity index (χ2v) is 5.54. The average molecular weight is 253 g/mol. The van der Waals surface area contributed by atoms with Crippen molar-refractivity contribution in [2.24, 2.45) is 11.7 Å². The first-order valence-electron chi connectivity index (χ1n) is 6.77. The SMILES string of the molecule is CCC1CCCCC1(N)Cc1cc(F)cc(F)c1. The lowest BCUT2D eigenvalue weighted by Gasteiger charge is -2.41. The number of halogens is 2. The summed E-state index contributed by atoms with van der Waals surface area (Å²) in [5.74, 6) is -0.576. The molecule has 0 aromatic heterocycles. The normalized spacial score (nSPS) is 28.3. The van der Waals surface area contributed by atoms with Crippen LogP contribution in [0.1, 0.15) is 44.6 Å². The Labute approximate surface area is 107 Å². The van der Waals surface area contributed by atoms with Crippen LogP contribution in [0.3, 0.4) is 0 Å². The van der Waals surface area contributed by atoms with Crippen molar-refractivity contribution in [3.8, 4) is 0 Å². The van der Waals surface area contributed by atoms with Crippen LogP contribution in [0.5, 0.6) is 0 Å². The van der Waals surface area contributed by atoms with Crippen molar-refractivity contribution in [2.75, 3.05) is 0 Å². The molecule has 1 saturated carbocycles. The van der Waals surface area contributed by atoms with E-state index in [-0.39, 0.29) is 5.54 Å². The van der Waals surface area contributed by atoms with Crippen molar-refractivity contribution in [1.82, 2.24) is 0 Å². The van der Waals surface area contributed by atoms with Crippen LogP contribution in [-0.2, 0) is 6.42 Å². The number of hydrogen-bond donors (Lipinski definition) is 1. The van der Waals surface area contributed by atoms with E-state index >= 15 is 0 Å². The van der Waals surface area contributed by atoms with Gasteiger partial charge in [-0.2, -0.15) is 0 Å². The van der Waals surface area contributed by atoms with E-state index in [4.69, 9.17) is 5.73 Å². The van der Waals surface area contributed by atoms with Crippen LogP contribution < -0.4 is 5.73 Å². The maximum Gasteiger partial charge on any atom is 0.126 e. The lowest BCUT2D eigenvalue weighted by molar-refractivity contribution is 0.182. The van der Waals surface area contributed by atoms with E-state index in [9.17, 15) is 8.78 Å². The first-order chi connectivity index (χ1) is 8.53. The molecular weight excluding hydrogens is 232 g/mol. The lowest BCUT2D eigenvalue weighted by atomic mass is 9.69. The Balaban J connectivity index is 2.19. The van der Waals surface area contributed by atoms with E-state index < -0.39 is 11.6 Å². The molecule has 2 N–H and O–H groups in total. The molecule has 0 bridgehead atoms. The van der Waals surface area contributed by atoms with Crippen LogP contribution in [0.25, 0.3) is 0 Å². The Bertz CT molecular complexity index is 399. The molecule has 0 amide bonds. The number of rotatable bonds is 3. The summed E-state index contributed by atoms with van der Waals surface area (Å²) >= 11 is 0. The van der Waals surface area contributed by atoms with Crippen molar-refractivity contribution < 1.29 is 8.78 Å². The molecule has 0 radical (unpaired) electrons. The predicted molar refractivity (Wildman–Crippen MR) is 69.2 cm³/mol. The van der Waals surface area contributed by atoms with Gasteiger partial charge in [0.05, 0.1) is 0 Å². The molecule has 2 unspecified atom stereocenters. The molecule has 1 fully saturated rings. The molecule has 1 aliphatic carbocycles. The fourth-order valence-corrected chi connectivity index (χ4v) is 3.27. The van der Waals surface area contributed by atoms with E-state index in [1.165, 1.54) is 18.6 Å². The van der Waals surface area contributed by atoms with Crippen molar-refractivity contribution in [3.05, 3.63) is 35.4 Å². The maximum atomic E-state index is 13.2. The summed E-state index contributed by atoms with van der Waals surface area (Å²) in [5.41, 5.74) is 6.88. The molecule has 1 aromatic rings. The van der Waals surface area contributed by atoms with Gasteiger partial charge in [0.1, 0.15) is 11.6 Å².